The summed E-state index contributed by atoms with van der Waals surface area (Å²) in [5.41, 5.74) is 0.657. The highest BCUT2D eigenvalue weighted by atomic mass is 19.1. The zero-order chi connectivity index (χ0) is 25.6. The maximum atomic E-state index is 15.6. The monoisotopic (exact) mass is 492 g/mol. The number of nitrogens with one attached hydrogen (secondary N) is 1. The summed E-state index contributed by atoms with van der Waals surface area (Å²) in [7, 11) is 0. The van der Waals surface area contributed by atoms with Crippen LogP contribution in [0.3, 0.4) is 0 Å². The second kappa shape index (κ2) is 9.27. The Hall–Kier alpha value is -3.92. The molecular formula is C26H26F2N6O2. The predicted octanol–water partition coefficient (Wildman–Crippen LogP) is 3.50. The molecule has 4 aromatic rings. The first-order valence-corrected chi connectivity index (χ1v) is 11.8. The number of benzene rings is 1. The molecule has 1 saturated heterocycles. The van der Waals surface area contributed by atoms with Crippen LogP contribution in [-0.4, -0.2) is 50.3 Å². The first-order chi connectivity index (χ1) is 17.3. The topological polar surface area (TPSA) is 96.2 Å². The molecule has 0 amide bonds. The number of aromatic hydroxyl groups is 1. The van der Waals surface area contributed by atoms with Crippen molar-refractivity contribution in [3.05, 3.63) is 69.9 Å². The van der Waals surface area contributed by atoms with Gasteiger partial charge in [-0.05, 0) is 50.1 Å². The summed E-state index contributed by atoms with van der Waals surface area (Å²) in [5.74, 6) is -1.80. The number of piperazine rings is 1. The number of phenols is 1. The molecule has 0 saturated carbocycles. The van der Waals surface area contributed by atoms with Gasteiger partial charge in [-0.25, -0.2) is 23.1 Å². The van der Waals surface area contributed by atoms with Crippen molar-refractivity contribution in [2.45, 2.75) is 33.2 Å². The Morgan fingerprint density at radius 1 is 1.19 bits per heavy atom. The first kappa shape index (κ1) is 23.8. The van der Waals surface area contributed by atoms with E-state index in [-0.39, 0.29) is 17.3 Å². The molecule has 0 spiro atoms. The van der Waals surface area contributed by atoms with Gasteiger partial charge in [0.05, 0.1) is 22.3 Å². The quantitative estimate of drug-likeness (QED) is 0.450. The number of aromatic nitrogens is 4. The standard InChI is InChI=1S/C26H26F2N6O2/c1-4-19-23(14(2)8-9-30-19)34-25-16(24(32-26(34)36)33-11-10-29-13-15(33)3)12-18(28)22(31-25)21-17(27)6-5-7-20(21)35/h5-9,12,15,29,35H,4,10-11,13H2,1-3H3. The summed E-state index contributed by atoms with van der Waals surface area (Å²) in [6.07, 6.45) is 2.19. The molecular weight excluding hydrogens is 466 g/mol. The number of hydrogen-bond acceptors (Lipinski definition) is 7. The summed E-state index contributed by atoms with van der Waals surface area (Å²) in [6.45, 7) is 7.66. The molecule has 1 fully saturated rings. The molecule has 5 rings (SSSR count). The predicted molar refractivity (Wildman–Crippen MR) is 134 cm³/mol. The third kappa shape index (κ3) is 3.87. The van der Waals surface area contributed by atoms with Crippen LogP contribution in [0.25, 0.3) is 28.0 Å². The van der Waals surface area contributed by atoms with Crippen LogP contribution in [0.5, 0.6) is 5.75 Å². The lowest BCUT2D eigenvalue weighted by atomic mass is 10.1. The van der Waals surface area contributed by atoms with Gasteiger partial charge in [0, 0.05) is 31.9 Å². The first-order valence-electron chi connectivity index (χ1n) is 11.8. The molecule has 2 N–H and O–H groups in total. The van der Waals surface area contributed by atoms with Crippen molar-refractivity contribution >= 4 is 16.9 Å². The fraction of sp³-hybridized carbons (Fsp3) is 0.308. The minimum Gasteiger partial charge on any atom is -0.507 e. The van der Waals surface area contributed by atoms with Crippen LogP contribution in [0.2, 0.25) is 0 Å². The lowest BCUT2D eigenvalue weighted by Crippen LogP contribution is -2.50. The van der Waals surface area contributed by atoms with Crippen molar-refractivity contribution in [3.8, 4) is 22.7 Å². The highest BCUT2D eigenvalue weighted by Gasteiger charge is 2.27. The molecule has 1 aliphatic rings. The molecule has 4 heterocycles. The molecule has 0 bridgehead atoms. The molecule has 0 aliphatic carbocycles. The van der Waals surface area contributed by atoms with Gasteiger partial charge in [-0.3, -0.25) is 4.98 Å². The van der Waals surface area contributed by atoms with Gasteiger partial charge in [0.1, 0.15) is 23.1 Å². The Balaban J connectivity index is 1.91. The van der Waals surface area contributed by atoms with Gasteiger partial charge in [0.25, 0.3) is 0 Å². The lowest BCUT2D eigenvalue weighted by Gasteiger charge is -2.35. The third-order valence-corrected chi connectivity index (χ3v) is 6.56. The van der Waals surface area contributed by atoms with Crippen molar-refractivity contribution in [1.82, 2.24) is 24.8 Å². The van der Waals surface area contributed by atoms with Gasteiger partial charge in [-0.15, -0.1) is 0 Å². The maximum absolute atomic E-state index is 15.6. The third-order valence-electron chi connectivity index (χ3n) is 6.56. The Labute approximate surface area is 206 Å². The molecule has 1 aromatic carbocycles. The number of fused-ring (bicyclic) bond motifs is 1. The summed E-state index contributed by atoms with van der Waals surface area (Å²) in [5, 5.41) is 14.0. The average Bonchev–Trinajstić information content (AvgIpc) is 2.85. The molecule has 1 unspecified atom stereocenters. The Morgan fingerprint density at radius 2 is 2.00 bits per heavy atom. The number of pyridine rings is 2. The van der Waals surface area contributed by atoms with E-state index in [9.17, 15) is 14.3 Å². The molecule has 0 radical (unpaired) electrons. The summed E-state index contributed by atoms with van der Waals surface area (Å²) >= 11 is 0. The van der Waals surface area contributed by atoms with Crippen LogP contribution in [0.1, 0.15) is 25.1 Å². The highest BCUT2D eigenvalue weighted by molar-refractivity contribution is 5.91. The van der Waals surface area contributed by atoms with Crippen molar-refractivity contribution in [2.24, 2.45) is 0 Å². The molecule has 10 heteroatoms. The SMILES string of the molecule is CCc1nccc(C)c1-n1c(=O)nc(N2CCNCC2C)c2cc(F)c(-c3c(O)cccc3F)nc21. The van der Waals surface area contributed by atoms with Crippen LogP contribution >= 0.6 is 0 Å². The number of aryl methyl sites for hydroxylation is 2. The molecule has 1 aliphatic heterocycles. The van der Waals surface area contributed by atoms with E-state index in [0.717, 1.165) is 11.6 Å². The highest BCUT2D eigenvalue weighted by Crippen LogP contribution is 2.36. The van der Waals surface area contributed by atoms with E-state index in [1.807, 2.05) is 25.7 Å². The van der Waals surface area contributed by atoms with Crippen LogP contribution < -0.4 is 15.9 Å². The molecule has 1 atom stereocenters. The number of halogens is 2. The van der Waals surface area contributed by atoms with E-state index in [2.05, 4.69) is 20.3 Å². The largest absolute Gasteiger partial charge is 0.507 e. The minimum absolute atomic E-state index is 0.00520. The van der Waals surface area contributed by atoms with Crippen molar-refractivity contribution < 1.29 is 13.9 Å². The summed E-state index contributed by atoms with van der Waals surface area (Å²) in [6, 6.07) is 6.68. The van der Waals surface area contributed by atoms with Crippen molar-refractivity contribution in [2.75, 3.05) is 24.5 Å². The Kier molecular flexibility index (Phi) is 6.13. The molecule has 3 aromatic heterocycles. The molecule has 8 nitrogen and oxygen atoms in total. The van der Waals surface area contributed by atoms with Gasteiger partial charge in [0.2, 0.25) is 0 Å². The number of rotatable bonds is 4. The van der Waals surface area contributed by atoms with E-state index >= 15 is 4.39 Å². The number of hydrogen-bond donors (Lipinski definition) is 2. The van der Waals surface area contributed by atoms with Gasteiger partial charge in [0.15, 0.2) is 11.5 Å². The lowest BCUT2D eigenvalue weighted by molar-refractivity contribution is 0.470. The number of anilines is 1. The van der Waals surface area contributed by atoms with Crippen LogP contribution in [0, 0.1) is 18.6 Å². The van der Waals surface area contributed by atoms with E-state index < -0.39 is 28.8 Å². The Bertz CT molecular complexity index is 1520. The van der Waals surface area contributed by atoms with E-state index in [1.54, 1.807) is 12.3 Å². The fourth-order valence-electron chi connectivity index (χ4n) is 4.78. The fourth-order valence-corrected chi connectivity index (χ4v) is 4.78. The van der Waals surface area contributed by atoms with Crippen LogP contribution in [-0.2, 0) is 6.42 Å². The second-order valence-electron chi connectivity index (χ2n) is 8.90. The molecule has 36 heavy (non-hydrogen) atoms. The normalized spacial score (nSPS) is 16.0. The van der Waals surface area contributed by atoms with Crippen molar-refractivity contribution in [1.29, 1.82) is 0 Å². The number of phenolic OH excluding ortho intramolecular Hbond substituents is 1. The van der Waals surface area contributed by atoms with E-state index in [0.29, 0.717) is 48.6 Å². The Morgan fingerprint density at radius 3 is 2.72 bits per heavy atom. The summed E-state index contributed by atoms with van der Waals surface area (Å²) < 4.78 is 31.6. The number of nitrogens with zero attached hydrogens (tertiary/aromatic N) is 5. The van der Waals surface area contributed by atoms with Gasteiger partial charge < -0.3 is 15.3 Å². The maximum Gasteiger partial charge on any atom is 0.355 e. The molecule has 186 valence electrons. The average molecular weight is 493 g/mol. The van der Waals surface area contributed by atoms with E-state index in [4.69, 9.17) is 0 Å². The van der Waals surface area contributed by atoms with Gasteiger partial charge in [-0.1, -0.05) is 13.0 Å². The van der Waals surface area contributed by atoms with Crippen LogP contribution in [0.4, 0.5) is 14.6 Å². The minimum atomic E-state index is -0.836. The van der Waals surface area contributed by atoms with Gasteiger partial charge in [-0.2, -0.15) is 4.98 Å². The zero-order valence-electron chi connectivity index (χ0n) is 20.2. The van der Waals surface area contributed by atoms with Gasteiger partial charge >= 0.3 is 5.69 Å². The van der Waals surface area contributed by atoms with Crippen molar-refractivity contribution in [3.63, 3.8) is 0 Å². The van der Waals surface area contributed by atoms with E-state index in [1.165, 1.54) is 22.8 Å². The smallest absolute Gasteiger partial charge is 0.355 e. The second-order valence-corrected chi connectivity index (χ2v) is 8.90. The van der Waals surface area contributed by atoms with Crippen LogP contribution in [0.15, 0.2) is 41.3 Å². The zero-order valence-corrected chi connectivity index (χ0v) is 20.2. The summed E-state index contributed by atoms with van der Waals surface area (Å²) in [4.78, 5) is 28.9.